The van der Waals surface area contributed by atoms with Crippen molar-refractivity contribution in [3.63, 3.8) is 0 Å². The van der Waals surface area contributed by atoms with E-state index < -0.39 is 0 Å². The minimum Gasteiger partial charge on any atom is -0.379 e. The van der Waals surface area contributed by atoms with Crippen LogP contribution < -0.4 is 9.88 Å². The number of H-pyrrole nitrogens is 1. The molecule has 9 rings (SSSR count). The van der Waals surface area contributed by atoms with Gasteiger partial charge < -0.3 is 5.32 Å². The van der Waals surface area contributed by atoms with E-state index in [1.54, 1.807) is 12.4 Å². The summed E-state index contributed by atoms with van der Waals surface area (Å²) in [6.07, 6.45) is 14.9. The minimum atomic E-state index is 0.720. The molecule has 6 heterocycles. The van der Waals surface area contributed by atoms with E-state index in [0.717, 1.165) is 53.6 Å². The quantitative estimate of drug-likeness (QED) is 0.147. The summed E-state index contributed by atoms with van der Waals surface area (Å²) >= 11 is 1.87. The summed E-state index contributed by atoms with van der Waals surface area (Å²) in [6.45, 7) is 9.85. The predicted octanol–water partition coefficient (Wildman–Crippen LogP) is 9.28. The van der Waals surface area contributed by atoms with Crippen LogP contribution in [0.15, 0.2) is 122 Å². The molecule has 0 radical (unpaired) electrons. The molecule has 2 aliphatic heterocycles. The molecular formula is C40H40N7S+. The van der Waals surface area contributed by atoms with Crippen molar-refractivity contribution in [2.45, 2.75) is 40.7 Å². The second kappa shape index (κ2) is 15.4. The monoisotopic (exact) mass is 650 g/mol. The van der Waals surface area contributed by atoms with Gasteiger partial charge in [-0.05, 0) is 54.7 Å². The molecule has 0 saturated carbocycles. The highest BCUT2D eigenvalue weighted by Gasteiger charge is 2.27. The summed E-state index contributed by atoms with van der Waals surface area (Å²) in [4.78, 5) is 13.4. The number of hydrogen-bond acceptors (Lipinski definition) is 6. The Labute approximate surface area is 285 Å². The first kappa shape index (κ1) is 32.5. The number of dihydropyridines is 1. The summed E-state index contributed by atoms with van der Waals surface area (Å²) in [7, 11) is 0. The van der Waals surface area contributed by atoms with Gasteiger partial charge in [-0.25, -0.2) is 14.5 Å². The summed E-state index contributed by atoms with van der Waals surface area (Å²) in [6, 6.07) is 27.5. The Morgan fingerprint density at radius 2 is 1.71 bits per heavy atom. The molecule has 7 aromatic rings. The van der Waals surface area contributed by atoms with Crippen LogP contribution in [0.5, 0.6) is 0 Å². The number of nitrogens with one attached hydrogen (secondary N) is 2. The van der Waals surface area contributed by atoms with Crippen molar-refractivity contribution in [2.24, 2.45) is 0 Å². The number of aromatic amines is 1. The maximum absolute atomic E-state index is 4.55. The van der Waals surface area contributed by atoms with Crippen LogP contribution in [0.1, 0.15) is 45.5 Å². The third-order valence-electron chi connectivity index (χ3n) is 7.91. The zero-order chi connectivity index (χ0) is 33.3. The summed E-state index contributed by atoms with van der Waals surface area (Å²) in [5.41, 5.74) is 7.81. The molecule has 2 aliphatic rings. The fraction of sp³-hybridized carbons (Fsp3) is 0.175. The van der Waals surface area contributed by atoms with Crippen LogP contribution in [0, 0.1) is 0 Å². The van der Waals surface area contributed by atoms with Crippen LogP contribution in [-0.4, -0.2) is 31.7 Å². The molecule has 3 aromatic carbocycles. The van der Waals surface area contributed by atoms with Gasteiger partial charge in [0.25, 0.3) is 0 Å². The highest BCUT2D eigenvalue weighted by atomic mass is 32.1. The van der Waals surface area contributed by atoms with Gasteiger partial charge in [0, 0.05) is 43.4 Å². The fourth-order valence-corrected chi connectivity index (χ4v) is 6.89. The normalized spacial score (nSPS) is 12.6. The van der Waals surface area contributed by atoms with Crippen molar-refractivity contribution < 1.29 is 4.57 Å². The average Bonchev–Trinajstić information content (AvgIpc) is 3.89. The lowest BCUT2D eigenvalue weighted by Gasteiger charge is -2.07. The van der Waals surface area contributed by atoms with Crippen molar-refractivity contribution in [1.29, 1.82) is 0 Å². The third-order valence-corrected chi connectivity index (χ3v) is 9.05. The van der Waals surface area contributed by atoms with E-state index in [9.17, 15) is 0 Å². The SMILES string of the molecule is C1=CCNC(c2nc(-c3ccccc3)n[nH]2)=C1.CC.CC=CCC.c1ccc2c(c1)sc1cc3c(cc12)-c1ccc2nccnc2[n+]1C3. The average molecular weight is 651 g/mol. The lowest BCUT2D eigenvalue weighted by molar-refractivity contribution is -0.647. The molecule has 0 spiro atoms. The highest BCUT2D eigenvalue weighted by molar-refractivity contribution is 7.25. The van der Waals surface area contributed by atoms with Crippen LogP contribution in [0.25, 0.3) is 59.7 Å². The summed E-state index contributed by atoms with van der Waals surface area (Å²) in [5.74, 6) is 1.49. The molecule has 4 aromatic heterocycles. The highest BCUT2D eigenvalue weighted by Crippen LogP contribution is 2.39. The Morgan fingerprint density at radius 1 is 0.896 bits per heavy atom. The number of nitrogens with zero attached hydrogens (tertiary/aromatic N) is 5. The first-order valence-electron chi connectivity index (χ1n) is 16.5. The standard InChI is InChI=1S/C20H12N3S.C13H12N4.C5H10.C2H6/c1-2-4-18-13(3-1)15-10-14-12(9-19(15)24-18)11-23-17(14)6-5-16-20(23)22-8-7-21-16;1-2-6-10(7-3-1)12-15-13(17-16-12)11-8-4-5-9-14-11;1-3-5-4-2;1-2/h1-10H,11H2;1-8,14H,9H2,(H,15,16,17);3,5H,4H2,1-2H3;1-2H3/q+1;;;. The second-order valence-electron chi connectivity index (χ2n) is 10.9. The summed E-state index contributed by atoms with van der Waals surface area (Å²) in [5, 5.41) is 13.1. The Hall–Kier alpha value is -5.47. The van der Waals surface area contributed by atoms with Gasteiger partial charge in [-0.2, -0.15) is 5.10 Å². The van der Waals surface area contributed by atoms with Crippen LogP contribution >= 0.6 is 11.3 Å². The van der Waals surface area contributed by atoms with E-state index in [-0.39, 0.29) is 0 Å². The fourth-order valence-electron chi connectivity index (χ4n) is 5.73. The van der Waals surface area contributed by atoms with Gasteiger partial charge >= 0.3 is 5.65 Å². The smallest absolute Gasteiger partial charge is 0.349 e. The number of thiophene rings is 1. The topological polar surface area (TPSA) is 83.3 Å². The first-order chi connectivity index (χ1) is 23.7. The van der Waals surface area contributed by atoms with Crippen LogP contribution in [0.4, 0.5) is 0 Å². The van der Waals surface area contributed by atoms with Crippen LogP contribution in [0.2, 0.25) is 0 Å². The van der Waals surface area contributed by atoms with Gasteiger partial charge in [-0.1, -0.05) is 93.6 Å². The molecule has 240 valence electrons. The van der Waals surface area contributed by atoms with E-state index in [0.29, 0.717) is 0 Å². The second-order valence-corrected chi connectivity index (χ2v) is 12.0. The molecule has 0 amide bonds. The van der Waals surface area contributed by atoms with Gasteiger partial charge in [0.05, 0.1) is 11.9 Å². The van der Waals surface area contributed by atoms with Crippen LogP contribution in [0.3, 0.4) is 0 Å². The lowest BCUT2D eigenvalue weighted by Crippen LogP contribution is -2.34. The third kappa shape index (κ3) is 6.80. The minimum absolute atomic E-state index is 0.720. The molecule has 8 heteroatoms. The Kier molecular flexibility index (Phi) is 10.4. The molecular weight excluding hydrogens is 611 g/mol. The molecule has 0 atom stereocenters. The molecule has 0 unspecified atom stereocenters. The maximum atomic E-state index is 4.55. The molecule has 0 bridgehead atoms. The van der Waals surface area contributed by atoms with E-state index in [1.165, 1.54) is 37.0 Å². The number of pyridine rings is 1. The maximum Gasteiger partial charge on any atom is 0.349 e. The van der Waals surface area contributed by atoms with Crippen LogP contribution in [-0.2, 0) is 6.54 Å². The number of hydrogen-bond donors (Lipinski definition) is 2. The number of fused-ring (bicyclic) bond motifs is 8. The lowest BCUT2D eigenvalue weighted by atomic mass is 10.0. The van der Waals surface area contributed by atoms with Crippen molar-refractivity contribution in [2.75, 3.05) is 6.54 Å². The van der Waals surface area contributed by atoms with E-state index in [2.05, 4.69) is 109 Å². The largest absolute Gasteiger partial charge is 0.379 e. The van der Waals surface area contributed by atoms with Gasteiger partial charge in [0.2, 0.25) is 0 Å². The van der Waals surface area contributed by atoms with E-state index in [4.69, 9.17) is 0 Å². The number of benzene rings is 3. The number of rotatable bonds is 3. The van der Waals surface area contributed by atoms with Gasteiger partial charge in [-0.15, -0.1) is 11.3 Å². The molecule has 2 N–H and O–H groups in total. The number of aromatic nitrogens is 6. The van der Waals surface area contributed by atoms with Gasteiger partial charge in [-0.3, -0.25) is 5.10 Å². The number of allylic oxidation sites excluding steroid dienone is 4. The Bertz CT molecular complexity index is 2240. The first-order valence-corrected chi connectivity index (χ1v) is 17.3. The molecule has 7 nitrogen and oxygen atoms in total. The zero-order valence-electron chi connectivity index (χ0n) is 27.8. The molecule has 0 fully saturated rings. The van der Waals surface area contributed by atoms with Crippen molar-refractivity contribution >= 4 is 48.4 Å². The molecule has 0 saturated heterocycles. The van der Waals surface area contributed by atoms with E-state index >= 15 is 0 Å². The van der Waals surface area contributed by atoms with Crippen molar-refractivity contribution in [1.82, 2.24) is 30.5 Å². The van der Waals surface area contributed by atoms with Crippen molar-refractivity contribution in [3.8, 4) is 22.6 Å². The van der Waals surface area contributed by atoms with Gasteiger partial charge in [0.15, 0.2) is 23.4 Å². The van der Waals surface area contributed by atoms with E-state index in [1.807, 2.05) is 74.6 Å². The van der Waals surface area contributed by atoms with Gasteiger partial charge in [0.1, 0.15) is 12.2 Å². The Morgan fingerprint density at radius 3 is 2.48 bits per heavy atom. The predicted molar refractivity (Wildman–Crippen MR) is 201 cm³/mol. The molecule has 0 aliphatic carbocycles. The summed E-state index contributed by atoms with van der Waals surface area (Å²) < 4.78 is 4.99. The van der Waals surface area contributed by atoms with Crippen molar-refractivity contribution in [3.05, 3.63) is 133 Å². The Balaban J connectivity index is 0.000000147. The zero-order valence-corrected chi connectivity index (χ0v) is 28.6. The molecule has 48 heavy (non-hydrogen) atoms.